The van der Waals surface area contributed by atoms with Gasteiger partial charge in [0.25, 0.3) is 0 Å². The summed E-state index contributed by atoms with van der Waals surface area (Å²) in [5.41, 5.74) is 1.11. The van der Waals surface area contributed by atoms with Crippen molar-refractivity contribution in [2.75, 3.05) is 31.1 Å². The van der Waals surface area contributed by atoms with Gasteiger partial charge in [-0.3, -0.25) is 0 Å². The van der Waals surface area contributed by atoms with Crippen molar-refractivity contribution >= 4 is 21.9 Å². The first-order valence-electron chi connectivity index (χ1n) is 10.7. The predicted octanol–water partition coefficient (Wildman–Crippen LogP) is 3.70. The van der Waals surface area contributed by atoms with E-state index in [1.165, 1.54) is 16.8 Å². The Labute approximate surface area is 197 Å². The summed E-state index contributed by atoms with van der Waals surface area (Å²) in [6.45, 7) is 5.23. The first-order chi connectivity index (χ1) is 16.2. The van der Waals surface area contributed by atoms with Gasteiger partial charge < -0.3 is 23.9 Å². The van der Waals surface area contributed by atoms with Crippen LogP contribution >= 0.6 is 0 Å². The van der Waals surface area contributed by atoms with Gasteiger partial charge in [0.05, 0.1) is 22.8 Å². The van der Waals surface area contributed by atoms with E-state index in [2.05, 4.69) is 4.98 Å². The zero-order valence-electron chi connectivity index (χ0n) is 18.7. The smallest absolute Gasteiger partial charge is 0.491 e. The zero-order valence-corrected chi connectivity index (χ0v) is 19.6. The molecule has 0 bridgehead atoms. The van der Waals surface area contributed by atoms with Gasteiger partial charge in [-0.2, -0.15) is 4.31 Å². The average molecular weight is 488 g/mol. The Morgan fingerprint density at radius 2 is 1.79 bits per heavy atom. The fourth-order valence-electron chi connectivity index (χ4n) is 3.72. The molecule has 1 aliphatic heterocycles. The third-order valence-corrected chi connectivity index (χ3v) is 7.18. The van der Waals surface area contributed by atoms with E-state index in [0.717, 1.165) is 0 Å². The van der Waals surface area contributed by atoms with Crippen LogP contribution in [0.1, 0.15) is 13.8 Å². The number of ether oxygens (including phenoxy) is 2. The highest BCUT2D eigenvalue weighted by atomic mass is 32.2. The second-order valence-electron chi connectivity index (χ2n) is 7.91. The van der Waals surface area contributed by atoms with Gasteiger partial charge in [-0.15, -0.1) is 0 Å². The molecule has 1 aliphatic rings. The molecule has 0 amide bonds. The molecule has 0 radical (unpaired) electrons. The number of piperazine rings is 1. The number of benzene rings is 2. The lowest BCUT2D eigenvalue weighted by atomic mass is 10.1. The number of carbonyl (C=O) groups is 1. The van der Waals surface area contributed by atoms with E-state index < -0.39 is 16.2 Å². The van der Waals surface area contributed by atoms with Gasteiger partial charge in [-0.05, 0) is 50.2 Å². The Morgan fingerprint density at radius 3 is 2.38 bits per heavy atom. The molecule has 10 nitrogen and oxygen atoms in total. The van der Waals surface area contributed by atoms with Crippen molar-refractivity contribution in [2.45, 2.75) is 24.8 Å². The number of sulfonamides is 1. The standard InChI is InChI=1S/C23H25N3O7S/c1-16(2)32-18-4-6-19(7-5-18)34(29,30)26-12-10-25(11-13-26)17-3-8-20(22-24-9-14-31-22)21(15-17)33-23(27)28/h3-9,14-16H,10-13H2,1-2H3,(H,27,28). The molecule has 2 heterocycles. The molecule has 11 heteroatoms. The minimum atomic E-state index is -3.65. The van der Waals surface area contributed by atoms with Crippen molar-refractivity contribution in [1.82, 2.24) is 9.29 Å². The van der Waals surface area contributed by atoms with Gasteiger partial charge in [0.15, 0.2) is 0 Å². The summed E-state index contributed by atoms with van der Waals surface area (Å²) >= 11 is 0. The van der Waals surface area contributed by atoms with Gasteiger partial charge >= 0.3 is 6.16 Å². The van der Waals surface area contributed by atoms with Crippen molar-refractivity contribution in [2.24, 2.45) is 0 Å². The highest BCUT2D eigenvalue weighted by Gasteiger charge is 2.29. The number of nitrogens with zero attached hydrogens (tertiary/aromatic N) is 3. The minimum Gasteiger partial charge on any atom is -0.491 e. The number of oxazole rings is 1. The maximum Gasteiger partial charge on any atom is 0.511 e. The van der Waals surface area contributed by atoms with Gasteiger partial charge in [0, 0.05) is 37.9 Å². The van der Waals surface area contributed by atoms with Crippen molar-refractivity contribution in [1.29, 1.82) is 0 Å². The summed E-state index contributed by atoms with van der Waals surface area (Å²) in [6.07, 6.45) is 1.39. The van der Waals surface area contributed by atoms with Crippen LogP contribution in [0.15, 0.2) is 64.2 Å². The molecular formula is C23H25N3O7S. The Kier molecular flexibility index (Phi) is 6.75. The lowest BCUT2D eigenvalue weighted by Crippen LogP contribution is -2.48. The Morgan fingerprint density at radius 1 is 1.09 bits per heavy atom. The molecule has 0 saturated carbocycles. The molecule has 1 N–H and O–H groups in total. The van der Waals surface area contributed by atoms with Crippen molar-refractivity contribution in [3.05, 3.63) is 54.9 Å². The Balaban J connectivity index is 1.47. The highest BCUT2D eigenvalue weighted by Crippen LogP contribution is 2.34. The summed E-state index contributed by atoms with van der Waals surface area (Å²) in [4.78, 5) is 17.4. The number of aromatic nitrogens is 1. The summed E-state index contributed by atoms with van der Waals surface area (Å²) in [6, 6.07) is 11.5. The zero-order chi connectivity index (χ0) is 24.3. The molecule has 0 atom stereocenters. The third kappa shape index (κ3) is 5.15. The normalized spacial score (nSPS) is 14.9. The summed E-state index contributed by atoms with van der Waals surface area (Å²) in [5.74, 6) is 0.945. The fourth-order valence-corrected chi connectivity index (χ4v) is 5.14. The lowest BCUT2D eigenvalue weighted by Gasteiger charge is -2.35. The predicted molar refractivity (Wildman–Crippen MR) is 124 cm³/mol. The first-order valence-corrected chi connectivity index (χ1v) is 12.1. The third-order valence-electron chi connectivity index (χ3n) is 5.26. The van der Waals surface area contributed by atoms with Gasteiger partial charge in [-0.1, -0.05) is 0 Å². The van der Waals surface area contributed by atoms with Gasteiger partial charge in [0.2, 0.25) is 15.9 Å². The minimum absolute atomic E-state index is 0.00126. The van der Waals surface area contributed by atoms with Crippen LogP contribution in [0.5, 0.6) is 11.5 Å². The SMILES string of the molecule is CC(C)Oc1ccc(S(=O)(=O)N2CCN(c3ccc(-c4ncco4)c(OC(=O)O)c3)CC2)cc1. The second kappa shape index (κ2) is 9.74. The molecule has 0 unspecified atom stereocenters. The summed E-state index contributed by atoms with van der Waals surface area (Å²) in [7, 11) is -3.65. The van der Waals surface area contributed by atoms with Crippen LogP contribution in [0.2, 0.25) is 0 Å². The Bertz CT molecular complexity index is 1230. The summed E-state index contributed by atoms with van der Waals surface area (Å²) in [5, 5.41) is 9.11. The van der Waals surface area contributed by atoms with Crippen LogP contribution in [-0.2, 0) is 10.0 Å². The lowest BCUT2D eigenvalue weighted by molar-refractivity contribution is 0.144. The van der Waals surface area contributed by atoms with E-state index in [-0.39, 0.29) is 35.7 Å². The number of anilines is 1. The molecule has 0 aliphatic carbocycles. The average Bonchev–Trinajstić information content (AvgIpc) is 3.33. The largest absolute Gasteiger partial charge is 0.511 e. The molecule has 2 aromatic carbocycles. The molecule has 4 rings (SSSR count). The van der Waals surface area contributed by atoms with Crippen molar-refractivity contribution in [3.63, 3.8) is 0 Å². The van der Waals surface area contributed by atoms with Crippen LogP contribution in [0.25, 0.3) is 11.5 Å². The topological polar surface area (TPSA) is 122 Å². The highest BCUT2D eigenvalue weighted by molar-refractivity contribution is 7.89. The van der Waals surface area contributed by atoms with E-state index in [0.29, 0.717) is 30.1 Å². The van der Waals surface area contributed by atoms with E-state index in [4.69, 9.17) is 19.0 Å². The number of carboxylic acid groups (broad SMARTS) is 1. The van der Waals surface area contributed by atoms with Crippen LogP contribution in [0.4, 0.5) is 10.5 Å². The van der Waals surface area contributed by atoms with Crippen LogP contribution < -0.4 is 14.4 Å². The van der Waals surface area contributed by atoms with Crippen LogP contribution in [-0.4, -0.2) is 61.3 Å². The molecular weight excluding hydrogens is 462 g/mol. The van der Waals surface area contributed by atoms with E-state index in [1.807, 2.05) is 18.7 Å². The molecule has 34 heavy (non-hydrogen) atoms. The van der Waals surface area contributed by atoms with Crippen LogP contribution in [0, 0.1) is 0 Å². The van der Waals surface area contributed by atoms with Crippen LogP contribution in [0.3, 0.4) is 0 Å². The van der Waals surface area contributed by atoms with Crippen molar-refractivity contribution < 1.29 is 32.2 Å². The van der Waals surface area contributed by atoms with Crippen molar-refractivity contribution in [3.8, 4) is 23.0 Å². The second-order valence-corrected chi connectivity index (χ2v) is 9.85. The number of hydrogen-bond acceptors (Lipinski definition) is 8. The van der Waals surface area contributed by atoms with Gasteiger partial charge in [0.1, 0.15) is 17.8 Å². The quantitative estimate of drug-likeness (QED) is 0.392. The van der Waals surface area contributed by atoms with Gasteiger partial charge in [-0.25, -0.2) is 18.2 Å². The molecule has 1 saturated heterocycles. The Hall–Kier alpha value is -3.57. The number of hydrogen-bond donors (Lipinski definition) is 1. The van der Waals surface area contributed by atoms with E-state index in [9.17, 15) is 13.2 Å². The summed E-state index contributed by atoms with van der Waals surface area (Å²) < 4.78 is 43.4. The fraction of sp³-hybridized carbons (Fsp3) is 0.304. The molecule has 3 aromatic rings. The number of rotatable bonds is 7. The maximum atomic E-state index is 13.1. The molecule has 180 valence electrons. The molecule has 1 aromatic heterocycles. The maximum absolute atomic E-state index is 13.1. The monoisotopic (exact) mass is 487 g/mol. The molecule has 1 fully saturated rings. The molecule has 0 spiro atoms. The first kappa shape index (κ1) is 23.6. The van der Waals surface area contributed by atoms with E-state index in [1.54, 1.807) is 42.5 Å². The van der Waals surface area contributed by atoms with E-state index >= 15 is 0 Å².